The molecule has 3 aromatic rings. The van der Waals surface area contributed by atoms with Gasteiger partial charge in [-0.25, -0.2) is 0 Å². The number of rotatable bonds is 2. The Hall–Kier alpha value is -2.60. The van der Waals surface area contributed by atoms with Crippen LogP contribution in [0.25, 0.3) is 11.1 Å². The molecule has 0 heterocycles. The first-order chi connectivity index (χ1) is 10.8. The van der Waals surface area contributed by atoms with Gasteiger partial charge >= 0.3 is 0 Å². The van der Waals surface area contributed by atoms with Crippen molar-refractivity contribution in [1.29, 1.82) is 0 Å². The topological polar surface area (TPSA) is 0 Å². The van der Waals surface area contributed by atoms with E-state index in [1.54, 1.807) is 0 Å². The maximum Gasteiger partial charge on any atom is -0.000728 e. The second kappa shape index (κ2) is 5.31. The molecular weight excluding hydrogens is 264 g/mol. The molecule has 0 heteroatoms. The molecule has 0 bridgehead atoms. The van der Waals surface area contributed by atoms with Gasteiger partial charge in [0, 0.05) is 0 Å². The van der Waals surface area contributed by atoms with Crippen LogP contribution in [0.1, 0.15) is 27.8 Å². The lowest BCUT2D eigenvalue weighted by molar-refractivity contribution is 1.32. The highest BCUT2D eigenvalue weighted by Crippen LogP contribution is 2.41. The molecule has 1 aliphatic carbocycles. The van der Waals surface area contributed by atoms with Gasteiger partial charge in [-0.1, -0.05) is 84.4 Å². The van der Waals surface area contributed by atoms with Gasteiger partial charge in [0.15, 0.2) is 0 Å². The summed E-state index contributed by atoms with van der Waals surface area (Å²) in [4.78, 5) is 0. The van der Waals surface area contributed by atoms with E-state index in [1.165, 1.54) is 39.0 Å². The van der Waals surface area contributed by atoms with Crippen LogP contribution in [0.5, 0.6) is 0 Å². The average molecular weight is 282 g/mol. The molecule has 0 N–H and O–H groups in total. The highest BCUT2D eigenvalue weighted by Gasteiger charge is 2.23. The molecule has 0 nitrogen and oxygen atoms in total. The molecule has 4 rings (SSSR count). The third kappa shape index (κ3) is 2.17. The summed E-state index contributed by atoms with van der Waals surface area (Å²) in [5.41, 5.74) is 9.58. The van der Waals surface area contributed by atoms with Crippen LogP contribution >= 0.6 is 0 Å². The van der Waals surface area contributed by atoms with Crippen molar-refractivity contribution in [2.75, 3.05) is 0 Å². The number of hydrogen-bond donors (Lipinski definition) is 0. The predicted molar refractivity (Wildman–Crippen MR) is 93.7 cm³/mol. The van der Waals surface area contributed by atoms with E-state index in [0.717, 1.165) is 6.42 Å². The Morgan fingerprint density at radius 2 is 1.32 bits per heavy atom. The number of allylic oxidation sites excluding steroid dienone is 1. The number of benzene rings is 3. The maximum absolute atomic E-state index is 2.25. The van der Waals surface area contributed by atoms with E-state index < -0.39 is 0 Å². The van der Waals surface area contributed by atoms with Crippen LogP contribution in [0, 0.1) is 6.92 Å². The second-order valence-electron chi connectivity index (χ2n) is 5.92. The lowest BCUT2D eigenvalue weighted by Crippen LogP contribution is -1.89. The Kier molecular flexibility index (Phi) is 3.16. The normalized spacial score (nSPS) is 13.3. The SMILES string of the molecule is Cc1ccc(C2=C(c3ccccc3)Cc3ccccc32)cc1. The summed E-state index contributed by atoms with van der Waals surface area (Å²) in [6.07, 6.45) is 1.02. The Labute approximate surface area is 131 Å². The minimum absolute atomic E-state index is 1.02. The third-order valence-electron chi connectivity index (χ3n) is 4.42. The molecule has 0 amide bonds. The molecule has 0 saturated heterocycles. The van der Waals surface area contributed by atoms with Crippen molar-refractivity contribution in [2.45, 2.75) is 13.3 Å². The Morgan fingerprint density at radius 1 is 0.636 bits per heavy atom. The van der Waals surface area contributed by atoms with E-state index in [0.29, 0.717) is 0 Å². The van der Waals surface area contributed by atoms with Gasteiger partial charge in [0.05, 0.1) is 0 Å². The number of hydrogen-bond acceptors (Lipinski definition) is 0. The van der Waals surface area contributed by atoms with Gasteiger partial charge in [0.25, 0.3) is 0 Å². The zero-order valence-electron chi connectivity index (χ0n) is 12.7. The van der Waals surface area contributed by atoms with Gasteiger partial charge in [-0.15, -0.1) is 0 Å². The standard InChI is InChI=1S/C22H18/c1-16-11-13-18(14-12-16)22-20-10-6-5-9-19(20)15-21(22)17-7-3-2-4-8-17/h2-14H,15H2,1H3. The molecule has 1 aliphatic rings. The smallest absolute Gasteiger partial charge is 0.000728 e. The van der Waals surface area contributed by atoms with E-state index in [4.69, 9.17) is 0 Å². The molecule has 0 unspecified atom stereocenters. The first-order valence-electron chi connectivity index (χ1n) is 7.77. The third-order valence-corrected chi connectivity index (χ3v) is 4.42. The Bertz CT molecular complexity index is 837. The monoisotopic (exact) mass is 282 g/mol. The number of fused-ring (bicyclic) bond motifs is 1. The van der Waals surface area contributed by atoms with Gasteiger partial charge < -0.3 is 0 Å². The summed E-state index contributed by atoms with van der Waals surface area (Å²) >= 11 is 0. The summed E-state index contributed by atoms with van der Waals surface area (Å²) in [5, 5.41) is 0. The summed E-state index contributed by atoms with van der Waals surface area (Å²) in [6, 6.07) is 28.4. The van der Waals surface area contributed by atoms with Crippen molar-refractivity contribution < 1.29 is 0 Å². The molecule has 0 aromatic heterocycles. The fraction of sp³-hybridized carbons (Fsp3) is 0.0909. The first kappa shape index (κ1) is 13.1. The molecule has 0 atom stereocenters. The number of aryl methyl sites for hydroxylation is 1. The van der Waals surface area contributed by atoms with Gasteiger partial charge in [-0.05, 0) is 46.7 Å². The highest BCUT2D eigenvalue weighted by atomic mass is 14.3. The average Bonchev–Trinajstić information content (AvgIpc) is 2.96. The highest BCUT2D eigenvalue weighted by molar-refractivity contribution is 6.03. The van der Waals surface area contributed by atoms with Crippen LogP contribution in [0.2, 0.25) is 0 Å². The summed E-state index contributed by atoms with van der Waals surface area (Å²) in [7, 11) is 0. The lowest BCUT2D eigenvalue weighted by atomic mass is 9.94. The zero-order chi connectivity index (χ0) is 14.9. The van der Waals surface area contributed by atoms with Crippen molar-refractivity contribution >= 4 is 11.1 Å². The van der Waals surface area contributed by atoms with Crippen LogP contribution in [-0.2, 0) is 6.42 Å². The van der Waals surface area contributed by atoms with Crippen molar-refractivity contribution in [2.24, 2.45) is 0 Å². The lowest BCUT2D eigenvalue weighted by Gasteiger charge is -2.10. The Morgan fingerprint density at radius 3 is 2.09 bits per heavy atom. The molecule has 0 spiro atoms. The van der Waals surface area contributed by atoms with E-state index in [-0.39, 0.29) is 0 Å². The Balaban J connectivity index is 1.95. The van der Waals surface area contributed by atoms with Crippen molar-refractivity contribution in [3.05, 3.63) is 107 Å². The van der Waals surface area contributed by atoms with Crippen LogP contribution in [0.3, 0.4) is 0 Å². The molecule has 0 radical (unpaired) electrons. The maximum atomic E-state index is 2.25. The fourth-order valence-electron chi connectivity index (χ4n) is 3.30. The minimum Gasteiger partial charge on any atom is -0.0622 e. The largest absolute Gasteiger partial charge is 0.0622 e. The quantitative estimate of drug-likeness (QED) is 0.581. The van der Waals surface area contributed by atoms with Crippen LogP contribution in [-0.4, -0.2) is 0 Å². The molecular formula is C22H18. The van der Waals surface area contributed by atoms with Gasteiger partial charge in [0.1, 0.15) is 0 Å². The molecule has 106 valence electrons. The summed E-state index contributed by atoms with van der Waals surface area (Å²) in [6.45, 7) is 2.14. The van der Waals surface area contributed by atoms with Crippen LogP contribution < -0.4 is 0 Å². The van der Waals surface area contributed by atoms with Crippen molar-refractivity contribution in [3.8, 4) is 0 Å². The predicted octanol–water partition coefficient (Wildman–Crippen LogP) is 5.51. The van der Waals surface area contributed by atoms with Crippen molar-refractivity contribution in [1.82, 2.24) is 0 Å². The van der Waals surface area contributed by atoms with Crippen LogP contribution in [0.4, 0.5) is 0 Å². The van der Waals surface area contributed by atoms with E-state index in [9.17, 15) is 0 Å². The summed E-state index contributed by atoms with van der Waals surface area (Å²) < 4.78 is 0. The van der Waals surface area contributed by atoms with Crippen LogP contribution in [0.15, 0.2) is 78.9 Å². The summed E-state index contributed by atoms with van der Waals surface area (Å²) in [5.74, 6) is 0. The zero-order valence-corrected chi connectivity index (χ0v) is 12.7. The first-order valence-corrected chi connectivity index (χ1v) is 7.77. The van der Waals surface area contributed by atoms with E-state index in [1.807, 2.05) is 0 Å². The van der Waals surface area contributed by atoms with Crippen molar-refractivity contribution in [3.63, 3.8) is 0 Å². The molecule has 22 heavy (non-hydrogen) atoms. The van der Waals surface area contributed by atoms with E-state index >= 15 is 0 Å². The van der Waals surface area contributed by atoms with Gasteiger partial charge in [0.2, 0.25) is 0 Å². The molecule has 0 aliphatic heterocycles. The van der Waals surface area contributed by atoms with Gasteiger partial charge in [-0.2, -0.15) is 0 Å². The molecule has 0 fully saturated rings. The molecule has 3 aromatic carbocycles. The van der Waals surface area contributed by atoms with Gasteiger partial charge in [-0.3, -0.25) is 0 Å². The fourth-order valence-corrected chi connectivity index (χ4v) is 3.30. The minimum atomic E-state index is 1.02. The van der Waals surface area contributed by atoms with E-state index in [2.05, 4.69) is 85.8 Å². The molecule has 0 saturated carbocycles. The second-order valence-corrected chi connectivity index (χ2v) is 5.92.